The van der Waals surface area contributed by atoms with Gasteiger partial charge in [0.2, 0.25) is 0 Å². The summed E-state index contributed by atoms with van der Waals surface area (Å²) in [6.07, 6.45) is 6.42. The molecule has 37 heavy (non-hydrogen) atoms. The number of rotatable bonds is 9. The van der Waals surface area contributed by atoms with E-state index in [0.717, 1.165) is 27.8 Å². The minimum atomic E-state index is -1.02. The monoisotopic (exact) mass is 503 g/mol. The van der Waals surface area contributed by atoms with Crippen LogP contribution in [0.2, 0.25) is 0 Å². The number of benzene rings is 4. The normalized spacial score (nSPS) is 11.7. The van der Waals surface area contributed by atoms with Crippen molar-refractivity contribution < 1.29 is 14.7 Å². The van der Waals surface area contributed by atoms with Gasteiger partial charge in [0.05, 0.1) is 0 Å². The van der Waals surface area contributed by atoms with Crippen molar-refractivity contribution >= 4 is 65.4 Å². The van der Waals surface area contributed by atoms with Crippen molar-refractivity contribution in [2.24, 2.45) is 0 Å². The first-order valence-electron chi connectivity index (χ1n) is 11.9. The number of amides is 1. The number of hydrogen-bond donors (Lipinski definition) is 2. The number of carboxylic acids is 1. The number of aliphatic carboxylic acids is 1. The molecule has 2 N–H and O–H groups in total. The molecule has 184 valence electrons. The summed E-state index contributed by atoms with van der Waals surface area (Å²) in [5, 5.41) is 14.7. The topological polar surface area (TPSA) is 66.4 Å². The molecule has 0 spiro atoms. The molecular weight excluding hydrogens is 473 g/mol. The Bertz CT molecular complexity index is 1430. The molecule has 0 aliphatic rings. The van der Waals surface area contributed by atoms with Crippen molar-refractivity contribution in [3.05, 3.63) is 107 Å². The Morgan fingerprint density at radius 2 is 1.65 bits per heavy atom. The molecule has 0 aliphatic carbocycles. The maximum atomic E-state index is 13.3. The van der Waals surface area contributed by atoms with E-state index in [1.807, 2.05) is 73.9 Å². The summed E-state index contributed by atoms with van der Waals surface area (Å²) >= 11 is 1.56. The summed E-state index contributed by atoms with van der Waals surface area (Å²) in [5.41, 5.74) is 5.29. The number of aryl methyl sites for hydroxylation is 1. The Hall–Kier alpha value is -3.23. The third-order valence-electron chi connectivity index (χ3n) is 6.22. The number of carboxylic acid groups (broad SMARTS) is 1. The van der Waals surface area contributed by atoms with Crippen molar-refractivity contribution in [1.29, 1.82) is 0 Å². The van der Waals surface area contributed by atoms with E-state index in [1.54, 1.807) is 17.8 Å². The molecule has 4 aromatic rings. The summed E-state index contributed by atoms with van der Waals surface area (Å²) in [5.74, 6) is -0.754. The Morgan fingerprint density at radius 3 is 2.41 bits per heavy atom. The van der Waals surface area contributed by atoms with Crippen molar-refractivity contribution in [3.8, 4) is 11.1 Å². The predicted molar refractivity (Wildman–Crippen MR) is 159 cm³/mol. The number of nitrogens with one attached hydrogen (secondary N) is 1. The van der Waals surface area contributed by atoms with Crippen molar-refractivity contribution in [3.63, 3.8) is 0 Å². The zero-order valence-corrected chi connectivity index (χ0v) is 21.2. The second-order valence-electron chi connectivity index (χ2n) is 8.67. The van der Waals surface area contributed by atoms with E-state index < -0.39 is 12.0 Å². The van der Waals surface area contributed by atoms with E-state index in [4.69, 9.17) is 0 Å². The SMILES string of the molecule is CSCC[C@H](NC(=O)c1ccc(C=Cc2cccc3ccccc23)cc1-c1ccccc1C)C(=O)O.[LiH]. The molecule has 4 rings (SSSR count). The first kappa shape index (κ1) is 28.3. The number of hydrogen-bond acceptors (Lipinski definition) is 3. The molecule has 6 heteroatoms. The summed E-state index contributed by atoms with van der Waals surface area (Å²) in [4.78, 5) is 25.0. The molecule has 1 atom stereocenters. The van der Waals surface area contributed by atoms with Crippen LogP contribution in [0.25, 0.3) is 34.1 Å². The molecule has 0 heterocycles. The Labute approximate surface area is 234 Å². The van der Waals surface area contributed by atoms with E-state index in [9.17, 15) is 14.7 Å². The molecule has 4 nitrogen and oxygen atoms in total. The molecule has 0 fully saturated rings. The molecular formula is C31H30LiNO3S. The van der Waals surface area contributed by atoms with Crippen molar-refractivity contribution in [1.82, 2.24) is 5.32 Å². The zero-order valence-electron chi connectivity index (χ0n) is 20.4. The van der Waals surface area contributed by atoms with E-state index in [-0.39, 0.29) is 24.8 Å². The molecule has 0 aromatic heterocycles. The van der Waals surface area contributed by atoms with Crippen LogP contribution >= 0.6 is 11.8 Å². The van der Waals surface area contributed by atoms with Crippen LogP contribution in [-0.4, -0.2) is 53.9 Å². The number of thioether (sulfide) groups is 1. The van der Waals surface area contributed by atoms with Gasteiger partial charge in [0.1, 0.15) is 6.04 Å². The third kappa shape index (κ3) is 6.96. The average molecular weight is 504 g/mol. The average Bonchev–Trinajstić information content (AvgIpc) is 2.89. The molecule has 1 amide bonds. The fraction of sp³-hybridized carbons (Fsp3) is 0.161. The second kappa shape index (κ2) is 13.4. The van der Waals surface area contributed by atoms with Crippen molar-refractivity contribution in [2.45, 2.75) is 19.4 Å². The predicted octanol–water partition coefficient (Wildman–Crippen LogP) is 6.27. The van der Waals surface area contributed by atoms with Crippen LogP contribution < -0.4 is 5.32 Å². The van der Waals surface area contributed by atoms with Crippen LogP contribution in [-0.2, 0) is 4.79 Å². The summed E-state index contributed by atoms with van der Waals surface area (Å²) < 4.78 is 0. The van der Waals surface area contributed by atoms with Crippen LogP contribution in [0.15, 0.2) is 84.9 Å². The Kier molecular flexibility index (Phi) is 10.2. The van der Waals surface area contributed by atoms with E-state index >= 15 is 0 Å². The van der Waals surface area contributed by atoms with E-state index in [1.165, 1.54) is 10.8 Å². The summed E-state index contributed by atoms with van der Waals surface area (Å²) in [7, 11) is 0. The van der Waals surface area contributed by atoms with Gasteiger partial charge in [0.15, 0.2) is 0 Å². The van der Waals surface area contributed by atoms with Gasteiger partial charge in [-0.3, -0.25) is 4.79 Å². The first-order chi connectivity index (χ1) is 17.5. The van der Waals surface area contributed by atoms with Gasteiger partial charge in [0, 0.05) is 5.56 Å². The molecule has 0 unspecified atom stereocenters. The molecule has 0 saturated carbocycles. The Morgan fingerprint density at radius 1 is 0.919 bits per heavy atom. The van der Waals surface area contributed by atoms with Gasteiger partial charge in [0.25, 0.3) is 5.91 Å². The molecule has 0 aliphatic heterocycles. The standard InChI is InChI=1S/C31H29NO3S.Li.H/c1-21-8-3-5-12-25(21)28-20-22(14-16-24-11-7-10-23-9-4-6-13-26(23)24)15-17-27(28)30(33)32-29(31(34)35)18-19-36-2;;/h3-17,20,29H,18-19H2,1-2H3,(H,32,33)(H,34,35);;/t29-;;/m0../s1. The molecule has 0 radical (unpaired) electrons. The van der Waals surface area contributed by atoms with E-state index in [0.29, 0.717) is 17.7 Å². The fourth-order valence-corrected chi connectivity index (χ4v) is 4.74. The number of fused-ring (bicyclic) bond motifs is 1. The van der Waals surface area contributed by atoms with Crippen LogP contribution in [0.4, 0.5) is 0 Å². The van der Waals surface area contributed by atoms with Crippen LogP contribution in [0.5, 0.6) is 0 Å². The van der Waals surface area contributed by atoms with Crippen LogP contribution in [0.1, 0.15) is 33.5 Å². The zero-order chi connectivity index (χ0) is 25.5. The second-order valence-corrected chi connectivity index (χ2v) is 9.65. The minimum absolute atomic E-state index is 0. The van der Waals surface area contributed by atoms with Gasteiger partial charge in [-0.2, -0.15) is 11.8 Å². The van der Waals surface area contributed by atoms with Gasteiger partial charge in [-0.05, 0) is 76.1 Å². The fourth-order valence-electron chi connectivity index (χ4n) is 4.27. The number of carbonyl (C=O) groups excluding carboxylic acids is 1. The van der Waals surface area contributed by atoms with Gasteiger partial charge >= 0.3 is 24.8 Å². The molecule has 0 bridgehead atoms. The van der Waals surface area contributed by atoms with Gasteiger partial charge in [-0.1, -0.05) is 84.9 Å². The van der Waals surface area contributed by atoms with Crippen molar-refractivity contribution in [2.75, 3.05) is 12.0 Å². The van der Waals surface area contributed by atoms with Crippen LogP contribution in [0.3, 0.4) is 0 Å². The molecule has 0 saturated heterocycles. The quantitative estimate of drug-likeness (QED) is 0.209. The summed E-state index contributed by atoms with van der Waals surface area (Å²) in [6.45, 7) is 2.01. The van der Waals surface area contributed by atoms with Gasteiger partial charge in [-0.25, -0.2) is 4.79 Å². The van der Waals surface area contributed by atoms with Gasteiger partial charge in [-0.15, -0.1) is 0 Å². The third-order valence-corrected chi connectivity index (χ3v) is 6.86. The maximum absolute atomic E-state index is 13.3. The molecule has 4 aromatic carbocycles. The van der Waals surface area contributed by atoms with E-state index in [2.05, 4.69) is 35.7 Å². The first-order valence-corrected chi connectivity index (χ1v) is 13.3. The van der Waals surface area contributed by atoms with Crippen LogP contribution in [0, 0.1) is 6.92 Å². The number of carbonyl (C=O) groups is 2. The van der Waals surface area contributed by atoms with Gasteiger partial charge < -0.3 is 10.4 Å². The summed E-state index contributed by atoms with van der Waals surface area (Å²) in [6, 6.07) is 27.2. The Balaban J connectivity index is 0.00000380.